The molecule has 630 valence electrons. The molecule has 110 heavy (non-hydrogen) atoms. The zero-order chi connectivity index (χ0) is 78.9. The second kappa shape index (κ2) is 43.5. The summed E-state index contributed by atoms with van der Waals surface area (Å²) in [6.45, 7) is -0.370. The van der Waals surface area contributed by atoms with Gasteiger partial charge in [-0.1, -0.05) is 36.4 Å². The van der Waals surface area contributed by atoms with Gasteiger partial charge in [0.2, 0.25) is 0 Å². The summed E-state index contributed by atoms with van der Waals surface area (Å²) < 4.78 is 223. The van der Waals surface area contributed by atoms with E-state index in [1.54, 1.807) is 0 Å². The Morgan fingerprint density at radius 1 is 0.264 bits per heavy atom. The van der Waals surface area contributed by atoms with Crippen molar-refractivity contribution in [2.75, 3.05) is 194 Å². The van der Waals surface area contributed by atoms with Crippen molar-refractivity contribution < 1.29 is 161 Å². The summed E-state index contributed by atoms with van der Waals surface area (Å²) in [5, 5.41) is 8.97. The first-order valence-electron chi connectivity index (χ1n) is 36.6. The van der Waals surface area contributed by atoms with Crippen LogP contribution in [0.5, 0.6) is 0 Å². The van der Waals surface area contributed by atoms with E-state index in [0.717, 1.165) is 16.5 Å². The van der Waals surface area contributed by atoms with Crippen molar-refractivity contribution in [3.8, 4) is 0 Å². The molecule has 0 unspecified atom stereocenters. The molecule has 2 N–H and O–H groups in total. The maximum absolute atomic E-state index is 7.26. The fourth-order valence-electron chi connectivity index (χ4n) is 16.4. The van der Waals surface area contributed by atoms with Gasteiger partial charge in [0, 0.05) is 160 Å². The lowest BCUT2D eigenvalue weighted by molar-refractivity contribution is -0.402. The number of fused-ring (bicyclic) bond motifs is 1. The Balaban J connectivity index is 1.07. The average molecular weight is 1600 g/mol. The van der Waals surface area contributed by atoms with Crippen molar-refractivity contribution in [2.45, 2.75) is 215 Å². The van der Waals surface area contributed by atoms with Crippen LogP contribution >= 0.6 is 12.2 Å². The molecule has 37 heteroatoms. The number of ether oxygens (including phenoxy) is 34. The summed E-state index contributed by atoms with van der Waals surface area (Å²) >= 11 is 6.06. The molecule has 0 radical (unpaired) electrons. The van der Waals surface area contributed by atoms with E-state index in [1.165, 1.54) is 142 Å². The van der Waals surface area contributed by atoms with E-state index in [1.807, 2.05) is 42.5 Å². The number of methoxy groups -OCH3 is 20. The molecule has 0 saturated carbocycles. The minimum absolute atomic E-state index is 0.0276. The fraction of sp³-hybridized carbons (Fsp3) is 0.849. The lowest BCUT2D eigenvalue weighted by atomic mass is 9.94. The first kappa shape index (κ1) is 89.4. The highest BCUT2D eigenvalue weighted by Gasteiger charge is 2.62. The summed E-state index contributed by atoms with van der Waals surface area (Å²) in [6, 6.07) is 13.8. The van der Waals surface area contributed by atoms with E-state index < -0.39 is 215 Å². The molecule has 23 rings (SSSR count). The van der Waals surface area contributed by atoms with E-state index in [-0.39, 0.29) is 51.3 Å². The van der Waals surface area contributed by atoms with Gasteiger partial charge in [-0.05, 0) is 23.7 Å². The maximum atomic E-state index is 7.26. The van der Waals surface area contributed by atoms with E-state index in [4.69, 9.17) is 173 Å². The summed E-state index contributed by atoms with van der Waals surface area (Å²) in [7, 11) is 30.2. The molecular formula is C73H118N2O34S. The molecule has 35 atom stereocenters. The molecule has 2 aromatic carbocycles. The number of rotatable bonds is 29. The van der Waals surface area contributed by atoms with Crippen LogP contribution in [0.25, 0.3) is 10.8 Å². The van der Waals surface area contributed by atoms with Crippen LogP contribution in [0.15, 0.2) is 42.5 Å². The van der Waals surface area contributed by atoms with Gasteiger partial charge in [0.1, 0.15) is 171 Å². The van der Waals surface area contributed by atoms with Crippen LogP contribution in [0.2, 0.25) is 0 Å². The molecule has 36 nitrogen and oxygen atoms in total. The molecular weight excluding hydrogens is 1480 g/mol. The van der Waals surface area contributed by atoms with Crippen LogP contribution in [0.4, 0.5) is 5.69 Å². The van der Waals surface area contributed by atoms with Crippen molar-refractivity contribution in [3.05, 3.63) is 42.5 Å². The highest BCUT2D eigenvalue weighted by Crippen LogP contribution is 2.43. The molecule has 14 bridgehead atoms. The minimum atomic E-state index is -1.30. The number of nitrogens with one attached hydrogen (secondary N) is 2. The van der Waals surface area contributed by atoms with Crippen molar-refractivity contribution in [2.24, 2.45) is 0 Å². The standard InChI is InChI=1S/C73H118N2O34S/c1-76-29-39-46-53(83-8)61(91-16)68(98-39)106-48-41(31-78-3)100-70(63(93-18)55(48)85-10)108-50-43(33-80-5)102-72(65(95-20)57(50)87-12)109-51-44(34-81-6)101-71(64(94-19)58(51)88-13)107-49-42(32-79-4)99-69(62(92-17)56(49)86-11)105-47-40(30-77-2)97-67(60(90-15)54(47)84-9)103-45-38(96-66(104-46)59(89-14)52(45)82-7)28-74-73(110)75-37-27-23-25-35-24-21-22-26-36(35)37/h21-27,38-72H,28-34H2,1-20H3,(H2,74,75,110)/t38-,39-,40-,41-,42-,43-,44-,45-,46-,47-,48-,49-,50-,51-,52+,53+,54+,55+,56+,57+,58+,59-,60-,61-,62-,63-,64-,65-,66-,67-,68-,69-,70-,71-,72-/m1/s1. The van der Waals surface area contributed by atoms with Gasteiger partial charge in [0.05, 0.1) is 39.6 Å². The molecule has 0 amide bonds. The van der Waals surface area contributed by atoms with E-state index in [9.17, 15) is 0 Å². The molecule has 0 aliphatic carbocycles. The Kier molecular flexibility index (Phi) is 35.3. The molecule has 0 aromatic heterocycles. The molecule has 21 aliphatic heterocycles. The number of anilines is 1. The predicted molar refractivity (Wildman–Crippen MR) is 385 cm³/mol. The summed E-state index contributed by atoms with van der Waals surface area (Å²) in [5.74, 6) is 0. The number of thiocarbonyl (C=S) groups is 1. The third kappa shape index (κ3) is 19.6. The zero-order valence-corrected chi connectivity index (χ0v) is 67.3. The summed E-state index contributed by atoms with van der Waals surface area (Å²) in [5.41, 5.74) is 0.761. The smallest absolute Gasteiger partial charge is 0.187 e. The van der Waals surface area contributed by atoms with Gasteiger partial charge >= 0.3 is 0 Å². The van der Waals surface area contributed by atoms with Crippen LogP contribution in [-0.4, -0.2) is 408 Å². The minimum Gasteiger partial charge on any atom is -0.382 e. The molecule has 21 heterocycles. The molecule has 0 spiro atoms. The van der Waals surface area contributed by atoms with Gasteiger partial charge in [0.25, 0.3) is 0 Å². The Hall–Kier alpha value is -2.97. The molecule has 2 aromatic rings. The highest BCUT2D eigenvalue weighted by atomic mass is 32.1. The fourth-order valence-corrected chi connectivity index (χ4v) is 16.6. The largest absolute Gasteiger partial charge is 0.382 e. The van der Waals surface area contributed by atoms with Gasteiger partial charge < -0.3 is 172 Å². The molecule has 21 saturated heterocycles. The highest BCUT2D eigenvalue weighted by molar-refractivity contribution is 7.80. The lowest BCUT2D eigenvalue weighted by Crippen LogP contribution is -2.69. The van der Waals surface area contributed by atoms with Gasteiger partial charge in [-0.3, -0.25) is 0 Å². The Morgan fingerprint density at radius 2 is 0.473 bits per heavy atom. The lowest BCUT2D eigenvalue weighted by Gasteiger charge is -2.52. The van der Waals surface area contributed by atoms with Crippen LogP contribution in [-0.2, 0) is 161 Å². The molecule has 21 aliphatic rings. The van der Waals surface area contributed by atoms with Crippen molar-refractivity contribution in [3.63, 3.8) is 0 Å². The zero-order valence-electron chi connectivity index (χ0n) is 66.5. The SMILES string of the molecule is COC[C@H]1O[C@@H]2O[C@H]3[C@H](OC)[C@@H](OC)[C@@H](O[C@H]4[C@H](OC)[C@@H](OC)[C@@H](O[C@H]5[C@H](OC)[C@@H](OC)[C@@H](O[C@H]6[C@H](OC)[C@@H](OC)[C@@H](O[C@H]7[C@H](OC)[C@@H](OC)[C@@H](O[C@H]8[C@H](OC)[C@@H](OC)[C@@H](O[C@H]1[C@H](OC)[C@H]2OC)O[C@@H]8CNC(=S)Nc1cccc2ccccc12)O[C@@H]7COC)O[C@@H]6COC)O[C@@H]5COC)O[C@@H]4COC)O[C@@H]3COC. The first-order valence-corrected chi connectivity index (χ1v) is 37.0. The van der Waals surface area contributed by atoms with Gasteiger partial charge in [0.15, 0.2) is 49.1 Å². The maximum Gasteiger partial charge on any atom is 0.187 e. The monoisotopic (exact) mass is 1600 g/mol. The third-order valence-corrected chi connectivity index (χ3v) is 21.7. The second-order valence-electron chi connectivity index (χ2n) is 27.4. The normalized spacial score (nSPS) is 42.2. The summed E-state index contributed by atoms with van der Waals surface area (Å²) in [4.78, 5) is 0. The third-order valence-electron chi connectivity index (χ3n) is 21.5. The quantitative estimate of drug-likeness (QED) is 0.107. The number of benzene rings is 2. The summed E-state index contributed by atoms with van der Waals surface area (Å²) in [6.07, 6.45) is -37.2. The Bertz CT molecular complexity index is 2980. The van der Waals surface area contributed by atoms with Crippen molar-refractivity contribution >= 4 is 33.8 Å². The number of hydrogen-bond acceptors (Lipinski definition) is 35. The Morgan fingerprint density at radius 3 is 0.700 bits per heavy atom. The van der Waals surface area contributed by atoms with Crippen LogP contribution in [0, 0.1) is 0 Å². The van der Waals surface area contributed by atoms with Gasteiger partial charge in [-0.2, -0.15) is 0 Å². The topological polar surface area (TPSA) is 338 Å². The van der Waals surface area contributed by atoms with Crippen molar-refractivity contribution in [1.29, 1.82) is 0 Å². The average Bonchev–Trinajstić information content (AvgIpc) is 0.766. The van der Waals surface area contributed by atoms with E-state index in [2.05, 4.69) is 10.6 Å². The number of hydrogen-bond donors (Lipinski definition) is 2. The first-order chi connectivity index (χ1) is 53.6. The van der Waals surface area contributed by atoms with E-state index >= 15 is 0 Å². The Labute approximate surface area is 648 Å². The second-order valence-corrected chi connectivity index (χ2v) is 27.8. The van der Waals surface area contributed by atoms with Crippen molar-refractivity contribution in [1.82, 2.24) is 5.32 Å². The van der Waals surface area contributed by atoms with Crippen LogP contribution < -0.4 is 10.6 Å². The van der Waals surface area contributed by atoms with Gasteiger partial charge in [-0.25, -0.2) is 0 Å². The van der Waals surface area contributed by atoms with Crippen LogP contribution in [0.3, 0.4) is 0 Å². The predicted octanol–water partition coefficient (Wildman–Crippen LogP) is 0.999. The van der Waals surface area contributed by atoms with Gasteiger partial charge in [-0.15, -0.1) is 0 Å². The van der Waals surface area contributed by atoms with Crippen LogP contribution in [0.1, 0.15) is 0 Å². The molecule has 21 fully saturated rings. The van der Waals surface area contributed by atoms with E-state index in [0.29, 0.717) is 0 Å².